The summed E-state index contributed by atoms with van der Waals surface area (Å²) in [5, 5.41) is 2.92. The summed E-state index contributed by atoms with van der Waals surface area (Å²) in [6, 6.07) is 16.0. The van der Waals surface area contributed by atoms with Crippen molar-refractivity contribution < 1.29 is 9.53 Å². The molecule has 0 fully saturated rings. The number of ether oxygens (including phenoxy) is 1. The third-order valence-corrected chi connectivity index (χ3v) is 4.09. The van der Waals surface area contributed by atoms with E-state index in [1.807, 2.05) is 24.3 Å². The van der Waals surface area contributed by atoms with Gasteiger partial charge in [-0.1, -0.05) is 45.8 Å². The number of hydrogen-bond donors (Lipinski definition) is 1. The molecule has 3 nitrogen and oxygen atoms in total. The number of amides is 1. The van der Waals surface area contributed by atoms with Crippen LogP contribution in [0.5, 0.6) is 5.75 Å². The van der Waals surface area contributed by atoms with Crippen LogP contribution in [0.1, 0.15) is 24.5 Å². The number of aryl methyl sites for hydroxylation is 2. The second-order valence-electron chi connectivity index (χ2n) is 5.59. The van der Waals surface area contributed by atoms with Gasteiger partial charge in [0, 0.05) is 11.0 Å². The molecular formula is C19H22BrNO2. The molecule has 2 aromatic carbocycles. The first-order valence-corrected chi connectivity index (χ1v) is 8.59. The molecule has 0 aliphatic rings. The van der Waals surface area contributed by atoms with Gasteiger partial charge in [0.05, 0.1) is 0 Å². The molecule has 0 saturated carbocycles. The summed E-state index contributed by atoms with van der Waals surface area (Å²) < 4.78 is 6.61. The molecule has 0 heterocycles. The molecular weight excluding hydrogens is 354 g/mol. The van der Waals surface area contributed by atoms with Crippen molar-refractivity contribution in [2.24, 2.45) is 0 Å². The van der Waals surface area contributed by atoms with Crippen molar-refractivity contribution in [3.05, 3.63) is 64.1 Å². The molecule has 0 radical (unpaired) electrons. The summed E-state index contributed by atoms with van der Waals surface area (Å²) in [4.78, 5) is 12.0. The van der Waals surface area contributed by atoms with Crippen LogP contribution in [0.15, 0.2) is 53.0 Å². The van der Waals surface area contributed by atoms with Gasteiger partial charge in [-0.25, -0.2) is 0 Å². The fourth-order valence-corrected chi connectivity index (χ4v) is 2.44. The first kappa shape index (κ1) is 17.5. The van der Waals surface area contributed by atoms with Gasteiger partial charge < -0.3 is 10.1 Å². The Bertz CT molecular complexity index is 623. The van der Waals surface area contributed by atoms with Crippen LogP contribution in [0, 0.1) is 6.92 Å². The molecule has 4 heteroatoms. The van der Waals surface area contributed by atoms with E-state index in [0.29, 0.717) is 12.3 Å². The molecule has 1 N–H and O–H groups in total. The molecule has 0 unspecified atom stereocenters. The molecule has 0 aliphatic heterocycles. The van der Waals surface area contributed by atoms with E-state index in [1.165, 1.54) is 11.1 Å². The van der Waals surface area contributed by atoms with E-state index in [4.69, 9.17) is 4.74 Å². The third kappa shape index (κ3) is 6.06. The fraction of sp³-hybridized carbons (Fsp3) is 0.316. The summed E-state index contributed by atoms with van der Waals surface area (Å²) >= 11 is 3.37. The van der Waals surface area contributed by atoms with Crippen molar-refractivity contribution in [3.8, 4) is 5.75 Å². The number of carbonyl (C=O) groups is 1. The normalized spacial score (nSPS) is 11.8. The molecule has 1 amide bonds. The van der Waals surface area contributed by atoms with E-state index in [0.717, 1.165) is 17.3 Å². The lowest BCUT2D eigenvalue weighted by molar-refractivity contribution is -0.127. The summed E-state index contributed by atoms with van der Waals surface area (Å²) in [5.41, 5.74) is 2.56. The molecule has 0 aliphatic carbocycles. The second-order valence-corrected chi connectivity index (χ2v) is 6.51. The highest BCUT2D eigenvalue weighted by Gasteiger charge is 2.13. The van der Waals surface area contributed by atoms with E-state index < -0.39 is 6.10 Å². The molecule has 0 bridgehead atoms. The SMILES string of the molecule is Cc1ccc(CCCNC(=O)[C@H](C)Oc2ccc(Br)cc2)cc1. The predicted octanol–water partition coefficient (Wildman–Crippen LogP) is 4.27. The Labute approximate surface area is 146 Å². The van der Waals surface area contributed by atoms with E-state index >= 15 is 0 Å². The third-order valence-electron chi connectivity index (χ3n) is 3.56. The molecule has 0 spiro atoms. The summed E-state index contributed by atoms with van der Waals surface area (Å²) in [6.45, 7) is 4.49. The van der Waals surface area contributed by atoms with Crippen LogP contribution < -0.4 is 10.1 Å². The van der Waals surface area contributed by atoms with Crippen molar-refractivity contribution in [2.75, 3.05) is 6.54 Å². The molecule has 2 aromatic rings. The Morgan fingerprint density at radius 2 is 1.78 bits per heavy atom. The van der Waals surface area contributed by atoms with E-state index in [2.05, 4.69) is 52.4 Å². The molecule has 2 rings (SSSR count). The standard InChI is InChI=1S/C19H22BrNO2/c1-14-5-7-16(8-6-14)4-3-13-21-19(22)15(2)23-18-11-9-17(20)10-12-18/h5-12,15H,3-4,13H2,1-2H3,(H,21,22)/t15-/m0/s1. The Hall–Kier alpha value is -1.81. The Morgan fingerprint density at radius 3 is 2.43 bits per heavy atom. The topological polar surface area (TPSA) is 38.3 Å². The van der Waals surface area contributed by atoms with Crippen LogP contribution in [0.3, 0.4) is 0 Å². The molecule has 0 aromatic heterocycles. The van der Waals surface area contributed by atoms with Gasteiger partial charge >= 0.3 is 0 Å². The highest BCUT2D eigenvalue weighted by atomic mass is 79.9. The zero-order chi connectivity index (χ0) is 16.7. The molecule has 0 saturated heterocycles. The van der Waals surface area contributed by atoms with Crippen molar-refractivity contribution in [3.63, 3.8) is 0 Å². The van der Waals surface area contributed by atoms with Crippen LogP contribution in [0.4, 0.5) is 0 Å². The lowest BCUT2D eigenvalue weighted by Gasteiger charge is -2.14. The van der Waals surface area contributed by atoms with Crippen LogP contribution in [0.25, 0.3) is 0 Å². The Morgan fingerprint density at radius 1 is 1.13 bits per heavy atom. The molecule has 1 atom stereocenters. The summed E-state index contributed by atoms with van der Waals surface area (Å²) in [6.07, 6.45) is 1.37. The Kier molecular flexibility index (Phi) is 6.66. The van der Waals surface area contributed by atoms with Crippen molar-refractivity contribution in [1.82, 2.24) is 5.32 Å². The minimum Gasteiger partial charge on any atom is -0.481 e. The van der Waals surface area contributed by atoms with Crippen molar-refractivity contribution >= 4 is 21.8 Å². The largest absolute Gasteiger partial charge is 0.481 e. The van der Waals surface area contributed by atoms with Crippen LogP contribution in [0.2, 0.25) is 0 Å². The van der Waals surface area contributed by atoms with Crippen molar-refractivity contribution in [2.45, 2.75) is 32.8 Å². The second kappa shape index (κ2) is 8.73. The van der Waals surface area contributed by atoms with Gasteiger partial charge in [0.15, 0.2) is 6.10 Å². The maximum Gasteiger partial charge on any atom is 0.260 e. The summed E-state index contributed by atoms with van der Waals surface area (Å²) in [5.74, 6) is 0.604. The number of carbonyl (C=O) groups excluding carboxylic acids is 1. The predicted molar refractivity (Wildman–Crippen MR) is 96.7 cm³/mol. The van der Waals surface area contributed by atoms with Gasteiger partial charge in [0.2, 0.25) is 0 Å². The van der Waals surface area contributed by atoms with E-state index in [1.54, 1.807) is 6.92 Å². The quantitative estimate of drug-likeness (QED) is 0.733. The van der Waals surface area contributed by atoms with Crippen LogP contribution in [-0.2, 0) is 11.2 Å². The highest BCUT2D eigenvalue weighted by Crippen LogP contribution is 2.17. The van der Waals surface area contributed by atoms with E-state index in [9.17, 15) is 4.79 Å². The van der Waals surface area contributed by atoms with Crippen LogP contribution >= 0.6 is 15.9 Å². The van der Waals surface area contributed by atoms with Crippen LogP contribution in [-0.4, -0.2) is 18.6 Å². The van der Waals surface area contributed by atoms with Gasteiger partial charge in [0.25, 0.3) is 5.91 Å². The first-order chi connectivity index (χ1) is 11.0. The average molecular weight is 376 g/mol. The number of nitrogens with one attached hydrogen (secondary N) is 1. The smallest absolute Gasteiger partial charge is 0.260 e. The fourth-order valence-electron chi connectivity index (χ4n) is 2.17. The number of benzene rings is 2. The maximum atomic E-state index is 12.0. The van der Waals surface area contributed by atoms with Crippen molar-refractivity contribution in [1.29, 1.82) is 0 Å². The van der Waals surface area contributed by atoms with Gasteiger partial charge in [0.1, 0.15) is 5.75 Å². The van der Waals surface area contributed by atoms with Gasteiger partial charge in [-0.05, 0) is 56.5 Å². The monoisotopic (exact) mass is 375 g/mol. The van der Waals surface area contributed by atoms with E-state index in [-0.39, 0.29) is 5.91 Å². The number of halogens is 1. The Balaban J connectivity index is 1.69. The lowest BCUT2D eigenvalue weighted by atomic mass is 10.1. The minimum atomic E-state index is -0.504. The van der Waals surface area contributed by atoms with Gasteiger partial charge in [-0.15, -0.1) is 0 Å². The van der Waals surface area contributed by atoms with Gasteiger partial charge in [-0.2, -0.15) is 0 Å². The number of rotatable bonds is 7. The molecule has 23 heavy (non-hydrogen) atoms. The highest BCUT2D eigenvalue weighted by molar-refractivity contribution is 9.10. The first-order valence-electron chi connectivity index (χ1n) is 7.80. The lowest BCUT2D eigenvalue weighted by Crippen LogP contribution is -2.36. The molecule has 122 valence electrons. The number of hydrogen-bond acceptors (Lipinski definition) is 2. The summed E-state index contributed by atoms with van der Waals surface area (Å²) in [7, 11) is 0. The average Bonchev–Trinajstić information content (AvgIpc) is 2.55. The van der Waals surface area contributed by atoms with Gasteiger partial charge in [-0.3, -0.25) is 4.79 Å². The zero-order valence-electron chi connectivity index (χ0n) is 13.5. The minimum absolute atomic E-state index is 0.0863. The maximum absolute atomic E-state index is 12.0. The zero-order valence-corrected chi connectivity index (χ0v) is 15.1.